The molecule has 1 fully saturated rings. The number of carbonyl (C=O) groups is 1. The zero-order valence-electron chi connectivity index (χ0n) is 13.1. The molecule has 0 bridgehead atoms. The van der Waals surface area contributed by atoms with E-state index in [1.807, 2.05) is 42.5 Å². The third-order valence-electron chi connectivity index (χ3n) is 4.33. The molecule has 1 saturated carbocycles. The van der Waals surface area contributed by atoms with Crippen molar-refractivity contribution in [3.05, 3.63) is 64.7 Å². The highest BCUT2D eigenvalue weighted by atomic mass is 35.5. The molecule has 0 amide bonds. The Kier molecular flexibility index (Phi) is 4.49. The minimum Gasteiger partial charge on any atom is -0.497 e. The van der Waals surface area contributed by atoms with Crippen LogP contribution in [0.5, 0.6) is 5.75 Å². The first-order chi connectivity index (χ1) is 11.1. The molecular weight excluding hydrogens is 310 g/mol. The first-order valence-corrected chi connectivity index (χ1v) is 7.90. The van der Waals surface area contributed by atoms with E-state index in [-0.39, 0.29) is 17.6 Å². The summed E-state index contributed by atoms with van der Waals surface area (Å²) in [5, 5.41) is 0.561. The van der Waals surface area contributed by atoms with Crippen LogP contribution in [0.2, 0.25) is 5.02 Å². The van der Waals surface area contributed by atoms with Crippen molar-refractivity contribution < 1.29 is 9.53 Å². The van der Waals surface area contributed by atoms with Crippen LogP contribution in [0.1, 0.15) is 29.4 Å². The average Bonchev–Trinajstić information content (AvgIpc) is 2.91. The largest absolute Gasteiger partial charge is 0.497 e. The van der Waals surface area contributed by atoms with Crippen LogP contribution < -0.4 is 4.74 Å². The topological polar surface area (TPSA) is 38.7 Å². The van der Waals surface area contributed by atoms with E-state index in [0.29, 0.717) is 17.2 Å². The summed E-state index contributed by atoms with van der Waals surface area (Å²) in [4.78, 5) is 17.4. The van der Waals surface area contributed by atoms with E-state index in [9.17, 15) is 4.79 Å². The minimum atomic E-state index is -0.349. The van der Waals surface area contributed by atoms with Crippen LogP contribution in [0.4, 0.5) is 0 Å². The second-order valence-electron chi connectivity index (χ2n) is 5.64. The summed E-state index contributed by atoms with van der Waals surface area (Å²) < 4.78 is 5.28. The van der Waals surface area contributed by atoms with Crippen molar-refractivity contribution in [2.24, 2.45) is 4.99 Å². The molecule has 1 aliphatic rings. The molecule has 118 valence electrons. The Morgan fingerprint density at radius 2 is 1.87 bits per heavy atom. The van der Waals surface area contributed by atoms with E-state index < -0.39 is 0 Å². The van der Waals surface area contributed by atoms with Gasteiger partial charge in [0.15, 0.2) is 5.78 Å². The normalized spacial score (nSPS) is 22.6. The number of Topliss-reactive ketones (excluding diaryl/α,β-unsaturated/α-hetero) is 1. The highest BCUT2D eigenvalue weighted by Gasteiger charge is 2.40. The van der Waals surface area contributed by atoms with E-state index in [1.54, 1.807) is 20.2 Å². The molecule has 0 saturated heterocycles. The minimum absolute atomic E-state index is 0.148. The molecule has 0 N–H and O–H groups in total. The molecule has 3 rings (SSSR count). The lowest BCUT2D eigenvalue weighted by atomic mass is 9.91. The molecular formula is C19H18ClNO2. The van der Waals surface area contributed by atoms with Gasteiger partial charge in [-0.3, -0.25) is 9.79 Å². The smallest absolute Gasteiger partial charge is 0.153 e. The fourth-order valence-electron chi connectivity index (χ4n) is 3.21. The van der Waals surface area contributed by atoms with E-state index >= 15 is 0 Å². The Balaban J connectivity index is 2.02. The fraction of sp³-hybridized carbons (Fsp3) is 0.263. The Morgan fingerprint density at radius 1 is 1.13 bits per heavy atom. The molecule has 4 heteroatoms. The molecule has 0 heterocycles. The number of carbonyl (C=O) groups excluding carboxylic acids is 1. The van der Waals surface area contributed by atoms with E-state index in [0.717, 1.165) is 16.8 Å². The highest BCUT2D eigenvalue weighted by molar-refractivity contribution is 6.31. The van der Waals surface area contributed by atoms with Crippen LogP contribution in [0.3, 0.4) is 0 Å². The Hall–Kier alpha value is -2.13. The van der Waals surface area contributed by atoms with Gasteiger partial charge in [-0.15, -0.1) is 0 Å². The van der Waals surface area contributed by atoms with Crippen molar-refractivity contribution in [1.29, 1.82) is 0 Å². The summed E-state index contributed by atoms with van der Waals surface area (Å²) in [6, 6.07) is 15.3. The van der Waals surface area contributed by atoms with Gasteiger partial charge in [0.25, 0.3) is 0 Å². The highest BCUT2D eigenvalue weighted by Crippen LogP contribution is 2.40. The monoisotopic (exact) mass is 327 g/mol. The number of aliphatic imine (C=N–C) groups is 1. The number of benzene rings is 2. The molecule has 2 atom stereocenters. The van der Waals surface area contributed by atoms with Gasteiger partial charge in [-0.2, -0.15) is 0 Å². The number of hydrogen-bond donors (Lipinski definition) is 0. The number of rotatable bonds is 3. The van der Waals surface area contributed by atoms with Crippen molar-refractivity contribution in [3.63, 3.8) is 0 Å². The number of ketones is 1. The molecule has 0 aliphatic heterocycles. The lowest BCUT2D eigenvalue weighted by Gasteiger charge is -2.13. The number of ether oxygens (including phenoxy) is 1. The quantitative estimate of drug-likeness (QED) is 0.845. The summed E-state index contributed by atoms with van der Waals surface area (Å²) >= 11 is 6.17. The number of nitrogens with zero attached hydrogens (tertiary/aromatic N) is 1. The molecule has 23 heavy (non-hydrogen) atoms. The third kappa shape index (κ3) is 3.02. The van der Waals surface area contributed by atoms with Crippen LogP contribution in [-0.4, -0.2) is 25.7 Å². The second-order valence-corrected chi connectivity index (χ2v) is 6.08. The number of halogens is 1. The van der Waals surface area contributed by atoms with Gasteiger partial charge >= 0.3 is 0 Å². The first kappa shape index (κ1) is 15.8. The predicted molar refractivity (Wildman–Crippen MR) is 92.9 cm³/mol. The molecule has 0 aromatic heterocycles. The van der Waals surface area contributed by atoms with Crippen molar-refractivity contribution in [2.45, 2.75) is 18.3 Å². The second kappa shape index (κ2) is 6.55. The summed E-state index contributed by atoms with van der Waals surface area (Å²) in [5.74, 6) is 0.322. The van der Waals surface area contributed by atoms with Gasteiger partial charge in [0, 0.05) is 30.1 Å². The Labute approximate surface area is 141 Å². The Morgan fingerprint density at radius 3 is 2.52 bits per heavy atom. The summed E-state index contributed by atoms with van der Waals surface area (Å²) in [7, 11) is 3.33. The Bertz CT molecular complexity index is 755. The van der Waals surface area contributed by atoms with Crippen LogP contribution in [-0.2, 0) is 4.79 Å². The van der Waals surface area contributed by atoms with Gasteiger partial charge < -0.3 is 4.74 Å². The lowest BCUT2D eigenvalue weighted by Crippen LogP contribution is -2.15. The lowest BCUT2D eigenvalue weighted by molar-refractivity contribution is -0.119. The van der Waals surface area contributed by atoms with Crippen molar-refractivity contribution >= 4 is 23.1 Å². The van der Waals surface area contributed by atoms with Gasteiger partial charge in [0.2, 0.25) is 0 Å². The fourth-order valence-corrected chi connectivity index (χ4v) is 3.44. The molecule has 1 aliphatic carbocycles. The van der Waals surface area contributed by atoms with Gasteiger partial charge in [-0.05, 0) is 29.3 Å². The molecule has 2 aromatic carbocycles. The van der Waals surface area contributed by atoms with Gasteiger partial charge in [0.05, 0.1) is 13.0 Å². The maximum absolute atomic E-state index is 13.0. The average molecular weight is 328 g/mol. The molecule has 0 spiro atoms. The maximum Gasteiger partial charge on any atom is 0.153 e. The van der Waals surface area contributed by atoms with E-state index in [2.05, 4.69) is 4.99 Å². The van der Waals surface area contributed by atoms with Gasteiger partial charge in [-0.1, -0.05) is 41.9 Å². The SMILES string of the molecule is CN=C1CC(c2ccccc2)C(=O)C1c1cc(Cl)cc(OC)c1. The van der Waals surface area contributed by atoms with Crippen molar-refractivity contribution in [1.82, 2.24) is 0 Å². The van der Waals surface area contributed by atoms with Gasteiger partial charge in [0.1, 0.15) is 5.75 Å². The van der Waals surface area contributed by atoms with Crippen LogP contribution in [0.25, 0.3) is 0 Å². The van der Waals surface area contributed by atoms with Crippen molar-refractivity contribution in [3.8, 4) is 5.75 Å². The first-order valence-electron chi connectivity index (χ1n) is 7.52. The zero-order chi connectivity index (χ0) is 16.4. The molecule has 2 unspecified atom stereocenters. The van der Waals surface area contributed by atoms with E-state index in [4.69, 9.17) is 16.3 Å². The summed E-state index contributed by atoms with van der Waals surface area (Å²) in [5.41, 5.74) is 2.78. The van der Waals surface area contributed by atoms with E-state index in [1.165, 1.54) is 0 Å². The number of methoxy groups -OCH3 is 1. The molecule has 3 nitrogen and oxygen atoms in total. The zero-order valence-corrected chi connectivity index (χ0v) is 13.9. The predicted octanol–water partition coefficient (Wildman–Crippen LogP) is 4.26. The summed E-state index contributed by atoms with van der Waals surface area (Å²) in [6.07, 6.45) is 0.652. The van der Waals surface area contributed by atoms with Gasteiger partial charge in [-0.25, -0.2) is 0 Å². The standard InChI is InChI=1S/C19H18ClNO2/c1-21-17-11-16(12-6-4-3-5-7-12)19(22)18(17)13-8-14(20)10-15(9-13)23-2/h3-10,16,18H,11H2,1-2H3. The van der Waals surface area contributed by atoms with Crippen LogP contribution in [0.15, 0.2) is 53.5 Å². The maximum atomic E-state index is 13.0. The third-order valence-corrected chi connectivity index (χ3v) is 4.54. The number of hydrogen-bond acceptors (Lipinski definition) is 3. The van der Waals surface area contributed by atoms with Crippen LogP contribution in [0, 0.1) is 0 Å². The summed E-state index contributed by atoms with van der Waals surface area (Å²) in [6.45, 7) is 0. The van der Waals surface area contributed by atoms with Crippen LogP contribution >= 0.6 is 11.6 Å². The van der Waals surface area contributed by atoms with Crippen molar-refractivity contribution in [2.75, 3.05) is 14.2 Å². The molecule has 0 radical (unpaired) electrons. The molecule has 2 aromatic rings.